The van der Waals surface area contributed by atoms with E-state index in [1.807, 2.05) is 6.07 Å². The molecular formula is C16H18N2. The average Bonchev–Trinajstić information content (AvgIpc) is 2.74. The van der Waals surface area contributed by atoms with Crippen molar-refractivity contribution in [2.75, 3.05) is 11.1 Å². The van der Waals surface area contributed by atoms with Crippen molar-refractivity contribution in [3.63, 3.8) is 0 Å². The molecule has 1 atom stereocenters. The molecule has 0 bridgehead atoms. The molecule has 92 valence electrons. The van der Waals surface area contributed by atoms with E-state index < -0.39 is 0 Å². The Kier molecular flexibility index (Phi) is 2.71. The largest absolute Gasteiger partial charge is 0.399 e. The summed E-state index contributed by atoms with van der Waals surface area (Å²) in [5, 5.41) is 3.64. The highest BCUT2D eigenvalue weighted by Gasteiger charge is 2.22. The predicted octanol–water partition coefficient (Wildman–Crippen LogP) is 3.68. The van der Waals surface area contributed by atoms with Crippen molar-refractivity contribution in [1.29, 1.82) is 0 Å². The van der Waals surface area contributed by atoms with Crippen LogP contribution in [0, 0.1) is 6.92 Å². The number of aryl methyl sites for hydroxylation is 2. The lowest BCUT2D eigenvalue weighted by Gasteiger charge is -2.17. The molecular weight excluding hydrogens is 220 g/mol. The highest BCUT2D eigenvalue weighted by Crippen LogP contribution is 2.35. The Morgan fingerprint density at radius 3 is 2.83 bits per heavy atom. The van der Waals surface area contributed by atoms with Crippen LogP contribution < -0.4 is 11.1 Å². The van der Waals surface area contributed by atoms with Gasteiger partial charge < -0.3 is 11.1 Å². The molecule has 0 fully saturated rings. The zero-order valence-corrected chi connectivity index (χ0v) is 10.6. The molecule has 1 aliphatic rings. The van der Waals surface area contributed by atoms with Crippen LogP contribution in [-0.2, 0) is 6.42 Å². The predicted molar refractivity (Wildman–Crippen MR) is 76.7 cm³/mol. The lowest BCUT2D eigenvalue weighted by Crippen LogP contribution is -2.08. The average molecular weight is 238 g/mol. The smallest absolute Gasteiger partial charge is 0.0519 e. The zero-order chi connectivity index (χ0) is 12.5. The summed E-state index contributed by atoms with van der Waals surface area (Å²) < 4.78 is 0. The van der Waals surface area contributed by atoms with Gasteiger partial charge in [0.2, 0.25) is 0 Å². The summed E-state index contributed by atoms with van der Waals surface area (Å²) in [5.41, 5.74) is 12.0. The second kappa shape index (κ2) is 4.37. The van der Waals surface area contributed by atoms with Gasteiger partial charge in [-0.3, -0.25) is 0 Å². The first-order valence-electron chi connectivity index (χ1n) is 6.44. The molecule has 0 aliphatic heterocycles. The van der Waals surface area contributed by atoms with E-state index in [1.165, 1.54) is 22.4 Å². The maximum absolute atomic E-state index is 5.83. The third-order valence-electron chi connectivity index (χ3n) is 3.72. The summed E-state index contributed by atoms with van der Waals surface area (Å²) in [4.78, 5) is 0. The second-order valence-corrected chi connectivity index (χ2v) is 5.01. The van der Waals surface area contributed by atoms with Crippen LogP contribution >= 0.6 is 0 Å². The molecule has 3 rings (SSSR count). The highest BCUT2D eigenvalue weighted by atomic mass is 14.9. The molecule has 0 aromatic heterocycles. The van der Waals surface area contributed by atoms with Crippen molar-refractivity contribution < 1.29 is 0 Å². The highest BCUT2D eigenvalue weighted by molar-refractivity contribution is 5.55. The van der Waals surface area contributed by atoms with Crippen LogP contribution in [0.15, 0.2) is 42.5 Å². The second-order valence-electron chi connectivity index (χ2n) is 5.01. The molecule has 2 aromatic carbocycles. The van der Waals surface area contributed by atoms with Crippen molar-refractivity contribution in [2.45, 2.75) is 25.8 Å². The van der Waals surface area contributed by atoms with E-state index in [0.717, 1.165) is 18.5 Å². The summed E-state index contributed by atoms with van der Waals surface area (Å²) in [7, 11) is 0. The van der Waals surface area contributed by atoms with Gasteiger partial charge in [0, 0.05) is 11.4 Å². The summed E-state index contributed by atoms with van der Waals surface area (Å²) in [6.07, 6.45) is 2.26. The monoisotopic (exact) mass is 238 g/mol. The summed E-state index contributed by atoms with van der Waals surface area (Å²) in [5.74, 6) is 0. The first-order valence-corrected chi connectivity index (χ1v) is 6.44. The maximum Gasteiger partial charge on any atom is 0.0519 e. The summed E-state index contributed by atoms with van der Waals surface area (Å²) >= 11 is 0. The third-order valence-corrected chi connectivity index (χ3v) is 3.72. The van der Waals surface area contributed by atoms with Gasteiger partial charge in [-0.2, -0.15) is 0 Å². The first-order chi connectivity index (χ1) is 8.74. The Balaban J connectivity index is 1.87. The first kappa shape index (κ1) is 11.1. The summed E-state index contributed by atoms with van der Waals surface area (Å²) in [6.45, 7) is 2.14. The number of nitrogen functional groups attached to an aromatic ring is 1. The number of nitrogens with two attached hydrogens (primary N) is 1. The molecule has 0 heterocycles. The Bertz CT molecular complexity index is 575. The van der Waals surface area contributed by atoms with Gasteiger partial charge in [-0.1, -0.05) is 24.3 Å². The fraction of sp³-hybridized carbons (Fsp3) is 0.250. The number of para-hydroxylation sites is 1. The number of hydrogen-bond acceptors (Lipinski definition) is 2. The molecule has 2 heteroatoms. The molecule has 3 N–H and O–H groups in total. The SMILES string of the molecule is Cc1ccccc1NC1CCc2cc(N)ccc21. The minimum Gasteiger partial charge on any atom is -0.399 e. The van der Waals surface area contributed by atoms with Crippen molar-refractivity contribution in [1.82, 2.24) is 0 Å². The van der Waals surface area contributed by atoms with Gasteiger partial charge in [0.15, 0.2) is 0 Å². The molecule has 2 nitrogen and oxygen atoms in total. The van der Waals surface area contributed by atoms with E-state index in [2.05, 4.69) is 48.6 Å². The molecule has 1 aliphatic carbocycles. The van der Waals surface area contributed by atoms with Gasteiger partial charge in [-0.05, 0) is 54.7 Å². The van der Waals surface area contributed by atoms with E-state index in [9.17, 15) is 0 Å². The van der Waals surface area contributed by atoms with Crippen LogP contribution in [0.5, 0.6) is 0 Å². The molecule has 0 spiro atoms. The van der Waals surface area contributed by atoms with Crippen LogP contribution in [0.4, 0.5) is 11.4 Å². The fourth-order valence-corrected chi connectivity index (χ4v) is 2.71. The Morgan fingerprint density at radius 1 is 1.17 bits per heavy atom. The number of hydrogen-bond donors (Lipinski definition) is 2. The number of rotatable bonds is 2. The van der Waals surface area contributed by atoms with E-state index in [-0.39, 0.29) is 0 Å². The number of anilines is 2. The third kappa shape index (κ3) is 1.94. The minimum atomic E-state index is 0.418. The Labute approximate surface area is 108 Å². The zero-order valence-electron chi connectivity index (χ0n) is 10.6. The van der Waals surface area contributed by atoms with Gasteiger partial charge >= 0.3 is 0 Å². The standard InChI is InChI=1S/C16H18N2/c1-11-4-2-3-5-15(11)18-16-9-6-12-10-13(17)7-8-14(12)16/h2-5,7-8,10,16,18H,6,9,17H2,1H3. The molecule has 0 amide bonds. The fourth-order valence-electron chi connectivity index (χ4n) is 2.71. The van der Waals surface area contributed by atoms with E-state index in [0.29, 0.717) is 6.04 Å². The molecule has 0 saturated heterocycles. The Hall–Kier alpha value is -1.96. The normalized spacial score (nSPS) is 17.5. The molecule has 18 heavy (non-hydrogen) atoms. The Morgan fingerprint density at radius 2 is 2.00 bits per heavy atom. The van der Waals surface area contributed by atoms with Gasteiger partial charge in [0.25, 0.3) is 0 Å². The van der Waals surface area contributed by atoms with Crippen molar-refractivity contribution >= 4 is 11.4 Å². The molecule has 1 unspecified atom stereocenters. The molecule has 0 radical (unpaired) electrons. The topological polar surface area (TPSA) is 38.0 Å². The van der Waals surface area contributed by atoms with Gasteiger partial charge in [-0.25, -0.2) is 0 Å². The lowest BCUT2D eigenvalue weighted by atomic mass is 10.1. The van der Waals surface area contributed by atoms with Crippen LogP contribution in [-0.4, -0.2) is 0 Å². The van der Waals surface area contributed by atoms with Gasteiger partial charge in [0.1, 0.15) is 0 Å². The molecule has 2 aromatic rings. The van der Waals surface area contributed by atoms with E-state index in [1.54, 1.807) is 0 Å². The van der Waals surface area contributed by atoms with Crippen molar-refractivity contribution in [3.8, 4) is 0 Å². The minimum absolute atomic E-state index is 0.418. The number of fused-ring (bicyclic) bond motifs is 1. The maximum atomic E-state index is 5.83. The lowest BCUT2D eigenvalue weighted by molar-refractivity contribution is 0.761. The summed E-state index contributed by atoms with van der Waals surface area (Å²) in [6, 6.07) is 15.1. The van der Waals surface area contributed by atoms with E-state index >= 15 is 0 Å². The van der Waals surface area contributed by atoms with Crippen LogP contribution in [0.25, 0.3) is 0 Å². The molecule has 0 saturated carbocycles. The van der Waals surface area contributed by atoms with Crippen LogP contribution in [0.3, 0.4) is 0 Å². The van der Waals surface area contributed by atoms with Gasteiger partial charge in [-0.15, -0.1) is 0 Å². The number of nitrogens with one attached hydrogen (secondary N) is 1. The van der Waals surface area contributed by atoms with Crippen LogP contribution in [0.2, 0.25) is 0 Å². The van der Waals surface area contributed by atoms with Crippen molar-refractivity contribution in [2.24, 2.45) is 0 Å². The van der Waals surface area contributed by atoms with Crippen LogP contribution in [0.1, 0.15) is 29.2 Å². The van der Waals surface area contributed by atoms with Gasteiger partial charge in [0.05, 0.1) is 6.04 Å². The number of benzene rings is 2. The van der Waals surface area contributed by atoms with Crippen molar-refractivity contribution in [3.05, 3.63) is 59.2 Å². The quantitative estimate of drug-likeness (QED) is 0.783. The van der Waals surface area contributed by atoms with E-state index in [4.69, 9.17) is 5.73 Å².